The number of hydrogen-bond donors (Lipinski definition) is 1. The monoisotopic (exact) mass is 250 g/mol. The van der Waals surface area contributed by atoms with Gasteiger partial charge in [0.2, 0.25) is 5.91 Å². The van der Waals surface area contributed by atoms with Crippen molar-refractivity contribution in [1.82, 2.24) is 5.32 Å². The van der Waals surface area contributed by atoms with Gasteiger partial charge in [-0.1, -0.05) is 13.8 Å². The van der Waals surface area contributed by atoms with E-state index in [-0.39, 0.29) is 17.6 Å². The van der Waals surface area contributed by atoms with E-state index >= 15 is 0 Å². The molecule has 0 aromatic heterocycles. The third-order valence-corrected chi connectivity index (χ3v) is 4.52. The average molecular weight is 250 g/mol. The van der Waals surface area contributed by atoms with Crippen LogP contribution in [0.5, 0.6) is 0 Å². The topological polar surface area (TPSA) is 62.1 Å². The molecule has 1 saturated carbocycles. The Morgan fingerprint density at radius 2 is 2.11 bits per heavy atom. The lowest BCUT2D eigenvalue weighted by Crippen LogP contribution is -2.49. The van der Waals surface area contributed by atoms with E-state index in [0.29, 0.717) is 19.4 Å². The van der Waals surface area contributed by atoms with Crippen molar-refractivity contribution in [2.75, 3.05) is 6.61 Å². The van der Waals surface area contributed by atoms with E-state index in [9.17, 15) is 4.79 Å². The molecule has 18 heavy (non-hydrogen) atoms. The SMILES string of the molecule is CCC1(CC)CC(NC(=O)C2(C#N)CC2)CCO1. The van der Waals surface area contributed by atoms with Crippen LogP contribution >= 0.6 is 0 Å². The van der Waals surface area contributed by atoms with Crippen LogP contribution in [-0.2, 0) is 9.53 Å². The van der Waals surface area contributed by atoms with Crippen molar-refractivity contribution in [3.8, 4) is 6.07 Å². The summed E-state index contributed by atoms with van der Waals surface area (Å²) < 4.78 is 5.89. The minimum absolute atomic E-state index is 0.0713. The molecule has 1 unspecified atom stereocenters. The molecule has 1 aliphatic carbocycles. The third kappa shape index (κ3) is 2.37. The summed E-state index contributed by atoms with van der Waals surface area (Å²) in [5, 5.41) is 12.1. The second kappa shape index (κ2) is 4.89. The Morgan fingerprint density at radius 1 is 1.44 bits per heavy atom. The van der Waals surface area contributed by atoms with Crippen LogP contribution in [0.3, 0.4) is 0 Å². The van der Waals surface area contributed by atoms with E-state index in [1.54, 1.807) is 0 Å². The minimum atomic E-state index is -0.709. The standard InChI is InChI=1S/C14H22N2O2/c1-3-14(4-2)9-11(5-8-18-14)16-12(17)13(10-15)6-7-13/h11H,3-9H2,1-2H3,(H,16,17). The number of hydrogen-bond acceptors (Lipinski definition) is 3. The maximum absolute atomic E-state index is 12.0. The lowest BCUT2D eigenvalue weighted by atomic mass is 9.85. The average Bonchev–Trinajstić information content (AvgIpc) is 3.20. The molecule has 2 rings (SSSR count). The number of ether oxygens (including phenoxy) is 1. The molecule has 4 heteroatoms. The highest BCUT2D eigenvalue weighted by atomic mass is 16.5. The predicted octanol–water partition coefficient (Wildman–Crippen LogP) is 2.14. The van der Waals surface area contributed by atoms with Crippen molar-refractivity contribution in [3.05, 3.63) is 0 Å². The Kier molecular flexibility index (Phi) is 3.63. The highest BCUT2D eigenvalue weighted by Crippen LogP contribution is 2.45. The van der Waals surface area contributed by atoms with Gasteiger partial charge in [-0.3, -0.25) is 4.79 Å². The summed E-state index contributed by atoms with van der Waals surface area (Å²) in [5.41, 5.74) is -0.793. The molecule has 1 N–H and O–H groups in total. The Morgan fingerprint density at radius 3 is 2.61 bits per heavy atom. The van der Waals surface area contributed by atoms with Gasteiger partial charge in [-0.25, -0.2) is 0 Å². The Labute approximate surface area is 109 Å². The van der Waals surface area contributed by atoms with E-state index in [1.165, 1.54) is 0 Å². The number of carbonyl (C=O) groups is 1. The van der Waals surface area contributed by atoms with E-state index in [4.69, 9.17) is 10.00 Å². The Bertz CT molecular complexity index is 364. The highest BCUT2D eigenvalue weighted by Gasteiger charge is 2.51. The summed E-state index contributed by atoms with van der Waals surface area (Å²) in [4.78, 5) is 12.0. The first kappa shape index (κ1) is 13.4. The molecule has 1 amide bonds. The van der Waals surface area contributed by atoms with Crippen molar-refractivity contribution < 1.29 is 9.53 Å². The van der Waals surface area contributed by atoms with E-state index in [2.05, 4.69) is 25.2 Å². The molecule has 0 aromatic carbocycles. The quantitative estimate of drug-likeness (QED) is 0.831. The first-order valence-corrected chi connectivity index (χ1v) is 6.96. The smallest absolute Gasteiger partial charge is 0.240 e. The first-order chi connectivity index (χ1) is 8.60. The zero-order chi connectivity index (χ0) is 13.2. The molecule has 0 aromatic rings. The molecule has 2 aliphatic rings. The van der Waals surface area contributed by atoms with Crippen LogP contribution in [0.2, 0.25) is 0 Å². The van der Waals surface area contributed by atoms with E-state index in [0.717, 1.165) is 25.7 Å². The van der Waals surface area contributed by atoms with Gasteiger partial charge in [0.25, 0.3) is 0 Å². The van der Waals surface area contributed by atoms with Gasteiger partial charge < -0.3 is 10.1 Å². The zero-order valence-electron chi connectivity index (χ0n) is 11.3. The minimum Gasteiger partial charge on any atom is -0.375 e. The van der Waals surface area contributed by atoms with Crippen molar-refractivity contribution in [2.45, 2.75) is 64.0 Å². The second-order valence-corrected chi connectivity index (χ2v) is 5.60. The van der Waals surface area contributed by atoms with Crippen LogP contribution in [0, 0.1) is 16.7 Å². The number of amides is 1. The van der Waals surface area contributed by atoms with Gasteiger partial charge in [-0.2, -0.15) is 5.26 Å². The molecule has 2 fully saturated rings. The summed E-state index contributed by atoms with van der Waals surface area (Å²) in [5.74, 6) is -0.0713. The van der Waals surface area contributed by atoms with Crippen LogP contribution in [0.15, 0.2) is 0 Å². The largest absolute Gasteiger partial charge is 0.375 e. The maximum Gasteiger partial charge on any atom is 0.240 e. The zero-order valence-corrected chi connectivity index (χ0v) is 11.3. The molecular weight excluding hydrogens is 228 g/mol. The van der Waals surface area contributed by atoms with Crippen LogP contribution < -0.4 is 5.32 Å². The van der Waals surface area contributed by atoms with Crippen LogP contribution in [0.4, 0.5) is 0 Å². The molecular formula is C14H22N2O2. The lowest BCUT2D eigenvalue weighted by molar-refractivity contribution is -0.129. The fourth-order valence-electron chi connectivity index (χ4n) is 2.73. The fourth-order valence-corrected chi connectivity index (χ4v) is 2.73. The second-order valence-electron chi connectivity index (χ2n) is 5.60. The number of nitrogens with one attached hydrogen (secondary N) is 1. The molecule has 1 saturated heterocycles. The number of nitrogens with zero attached hydrogens (tertiary/aromatic N) is 1. The summed E-state index contributed by atoms with van der Waals surface area (Å²) in [7, 11) is 0. The summed E-state index contributed by atoms with van der Waals surface area (Å²) in [6.07, 6.45) is 5.09. The number of carbonyl (C=O) groups excluding carboxylic acids is 1. The van der Waals surface area contributed by atoms with Crippen LogP contribution in [0.25, 0.3) is 0 Å². The Balaban J connectivity index is 1.94. The maximum atomic E-state index is 12.0. The lowest BCUT2D eigenvalue weighted by Gasteiger charge is -2.40. The molecule has 100 valence electrons. The van der Waals surface area contributed by atoms with Crippen molar-refractivity contribution in [1.29, 1.82) is 5.26 Å². The third-order valence-electron chi connectivity index (χ3n) is 4.52. The van der Waals surface area contributed by atoms with Gasteiger partial charge in [0.1, 0.15) is 5.41 Å². The van der Waals surface area contributed by atoms with Gasteiger partial charge in [0.05, 0.1) is 11.7 Å². The fraction of sp³-hybridized carbons (Fsp3) is 0.857. The molecule has 1 aliphatic heterocycles. The van der Waals surface area contributed by atoms with E-state index in [1.807, 2.05) is 0 Å². The molecule has 0 spiro atoms. The molecule has 1 atom stereocenters. The molecule has 0 radical (unpaired) electrons. The molecule has 1 heterocycles. The van der Waals surface area contributed by atoms with E-state index < -0.39 is 5.41 Å². The van der Waals surface area contributed by atoms with Crippen molar-refractivity contribution in [3.63, 3.8) is 0 Å². The highest BCUT2D eigenvalue weighted by molar-refractivity contribution is 5.88. The van der Waals surface area contributed by atoms with Gasteiger partial charge in [0.15, 0.2) is 0 Å². The summed E-state index contributed by atoms with van der Waals surface area (Å²) >= 11 is 0. The molecule has 4 nitrogen and oxygen atoms in total. The van der Waals surface area contributed by atoms with Gasteiger partial charge >= 0.3 is 0 Å². The van der Waals surface area contributed by atoms with Crippen molar-refractivity contribution in [2.24, 2.45) is 5.41 Å². The summed E-state index contributed by atoms with van der Waals surface area (Å²) in [6.45, 7) is 4.96. The number of nitriles is 1. The van der Waals surface area contributed by atoms with Crippen LogP contribution in [-0.4, -0.2) is 24.2 Å². The number of rotatable bonds is 4. The summed E-state index contributed by atoms with van der Waals surface area (Å²) in [6, 6.07) is 2.31. The first-order valence-electron chi connectivity index (χ1n) is 6.96. The normalized spacial score (nSPS) is 28.2. The molecule has 0 bridgehead atoms. The van der Waals surface area contributed by atoms with Crippen LogP contribution in [0.1, 0.15) is 52.4 Å². The predicted molar refractivity (Wildman–Crippen MR) is 67.7 cm³/mol. The van der Waals surface area contributed by atoms with Gasteiger partial charge in [0, 0.05) is 12.6 Å². The van der Waals surface area contributed by atoms with Gasteiger partial charge in [-0.15, -0.1) is 0 Å². The van der Waals surface area contributed by atoms with Crippen molar-refractivity contribution >= 4 is 5.91 Å². The Hall–Kier alpha value is -1.08. The van der Waals surface area contributed by atoms with Gasteiger partial charge in [-0.05, 0) is 38.5 Å².